The van der Waals surface area contributed by atoms with E-state index in [2.05, 4.69) is 41.5 Å². The Kier molecular flexibility index (Phi) is 7.02. The number of carboxylic acids is 1. The summed E-state index contributed by atoms with van der Waals surface area (Å²) in [5.74, 6) is -1.59. The van der Waals surface area contributed by atoms with Crippen LogP contribution in [0.15, 0.2) is 79.0 Å². The molecule has 5 nitrogen and oxygen atoms in total. The van der Waals surface area contributed by atoms with Crippen molar-refractivity contribution in [3.63, 3.8) is 0 Å². The minimum Gasteiger partial charge on any atom is -0.481 e. The molecule has 0 spiro atoms. The number of hydrogen-bond acceptors (Lipinski definition) is 3. The average Bonchev–Trinajstić information content (AvgIpc) is 2.85. The van der Waals surface area contributed by atoms with Crippen LogP contribution < -0.4 is 5.32 Å². The largest absolute Gasteiger partial charge is 0.481 e. The van der Waals surface area contributed by atoms with E-state index in [9.17, 15) is 14.7 Å². The second-order valence-corrected chi connectivity index (χ2v) is 8.63. The minimum absolute atomic E-state index is 0.0887. The smallest absolute Gasteiger partial charge is 0.310 e. The van der Waals surface area contributed by atoms with Crippen LogP contribution in [0, 0.1) is 6.92 Å². The maximum absolute atomic E-state index is 12.5. The van der Waals surface area contributed by atoms with E-state index in [-0.39, 0.29) is 5.91 Å². The van der Waals surface area contributed by atoms with E-state index < -0.39 is 11.9 Å². The maximum Gasteiger partial charge on any atom is 0.310 e. The van der Waals surface area contributed by atoms with Crippen molar-refractivity contribution < 1.29 is 14.7 Å². The molecular weight excluding hydrogens is 424 g/mol. The summed E-state index contributed by atoms with van der Waals surface area (Å²) in [6.07, 6.45) is 3.06. The van der Waals surface area contributed by atoms with E-state index in [0.29, 0.717) is 24.1 Å². The normalized spacial score (nSPS) is 11.8. The molecule has 3 aromatic carbocycles. The predicted octanol–water partition coefficient (Wildman–Crippen LogP) is 5.29. The number of fused-ring (bicyclic) bond motifs is 1. The summed E-state index contributed by atoms with van der Waals surface area (Å²) in [6.45, 7) is 4.32. The molecule has 0 aliphatic rings. The van der Waals surface area contributed by atoms with Crippen molar-refractivity contribution in [2.45, 2.75) is 32.6 Å². The van der Waals surface area contributed by atoms with Gasteiger partial charge in [0.15, 0.2) is 0 Å². The molecule has 0 bridgehead atoms. The first-order valence-corrected chi connectivity index (χ1v) is 11.4. The molecule has 0 radical (unpaired) electrons. The van der Waals surface area contributed by atoms with E-state index in [4.69, 9.17) is 0 Å². The number of nitrogens with one attached hydrogen (secondary N) is 1. The molecule has 2 N–H and O–H groups in total. The van der Waals surface area contributed by atoms with Gasteiger partial charge in [-0.05, 0) is 54.5 Å². The van der Waals surface area contributed by atoms with Crippen LogP contribution in [0.1, 0.15) is 51.1 Å². The van der Waals surface area contributed by atoms with Crippen LogP contribution in [0.4, 0.5) is 0 Å². The van der Waals surface area contributed by atoms with E-state index in [1.807, 2.05) is 48.5 Å². The molecule has 4 aromatic rings. The van der Waals surface area contributed by atoms with Gasteiger partial charge >= 0.3 is 5.97 Å². The Hall–Kier alpha value is -3.99. The number of nitrogens with zero attached hydrogens (tertiary/aromatic N) is 1. The number of carbonyl (C=O) groups excluding carboxylic acids is 1. The number of carbonyl (C=O) groups is 2. The van der Waals surface area contributed by atoms with Gasteiger partial charge in [-0.25, -0.2) is 0 Å². The summed E-state index contributed by atoms with van der Waals surface area (Å²) in [7, 11) is 0. The van der Waals surface area contributed by atoms with Crippen molar-refractivity contribution in [2.75, 3.05) is 6.54 Å². The van der Waals surface area contributed by atoms with Crippen LogP contribution in [-0.2, 0) is 17.6 Å². The molecule has 5 heteroatoms. The van der Waals surface area contributed by atoms with E-state index in [1.165, 1.54) is 11.1 Å². The summed E-state index contributed by atoms with van der Waals surface area (Å²) >= 11 is 0. The molecule has 1 unspecified atom stereocenters. The fraction of sp³-hybridized carbons (Fsp3) is 0.207. The Balaban J connectivity index is 1.43. The molecule has 0 fully saturated rings. The van der Waals surface area contributed by atoms with E-state index in [0.717, 1.165) is 28.5 Å². The van der Waals surface area contributed by atoms with Gasteiger partial charge in [-0.3, -0.25) is 14.6 Å². The lowest BCUT2D eigenvalue weighted by atomic mass is 9.94. The number of amides is 1. The number of aryl methyl sites for hydroxylation is 1. The number of benzene rings is 3. The summed E-state index contributed by atoms with van der Waals surface area (Å²) in [5, 5.41) is 14.3. The zero-order valence-corrected chi connectivity index (χ0v) is 19.4. The monoisotopic (exact) mass is 452 g/mol. The summed E-state index contributed by atoms with van der Waals surface area (Å²) in [4.78, 5) is 28.6. The van der Waals surface area contributed by atoms with Crippen LogP contribution in [0.25, 0.3) is 10.8 Å². The van der Waals surface area contributed by atoms with Crippen LogP contribution in [0.3, 0.4) is 0 Å². The molecule has 0 aliphatic carbocycles. The molecule has 34 heavy (non-hydrogen) atoms. The van der Waals surface area contributed by atoms with Crippen LogP contribution >= 0.6 is 0 Å². The van der Waals surface area contributed by atoms with Crippen molar-refractivity contribution >= 4 is 22.6 Å². The number of carboxylic acid groups (broad SMARTS) is 1. The summed E-state index contributed by atoms with van der Waals surface area (Å²) < 4.78 is 0. The number of rotatable bonds is 8. The third-order valence-electron chi connectivity index (χ3n) is 6.15. The fourth-order valence-electron chi connectivity index (χ4n) is 4.04. The van der Waals surface area contributed by atoms with Crippen molar-refractivity contribution in [1.82, 2.24) is 10.3 Å². The lowest BCUT2D eigenvalue weighted by Gasteiger charge is -2.13. The molecule has 0 saturated carbocycles. The Morgan fingerprint density at radius 2 is 1.56 bits per heavy atom. The van der Waals surface area contributed by atoms with Gasteiger partial charge in [0, 0.05) is 30.1 Å². The summed E-state index contributed by atoms with van der Waals surface area (Å²) in [5.41, 5.74) is 5.67. The second-order valence-electron chi connectivity index (χ2n) is 8.63. The van der Waals surface area contributed by atoms with Crippen molar-refractivity contribution in [1.29, 1.82) is 0 Å². The lowest BCUT2D eigenvalue weighted by molar-refractivity contribution is -0.138. The van der Waals surface area contributed by atoms with Gasteiger partial charge in [-0.1, -0.05) is 66.2 Å². The zero-order valence-electron chi connectivity index (χ0n) is 19.4. The molecule has 4 rings (SSSR count). The maximum atomic E-state index is 12.5. The van der Waals surface area contributed by atoms with Crippen LogP contribution in [0.5, 0.6) is 0 Å². The molecule has 172 valence electrons. The number of hydrogen-bond donors (Lipinski definition) is 2. The van der Waals surface area contributed by atoms with Crippen LogP contribution in [-0.4, -0.2) is 28.5 Å². The van der Waals surface area contributed by atoms with Crippen LogP contribution in [0.2, 0.25) is 0 Å². The fourth-order valence-corrected chi connectivity index (χ4v) is 4.04. The lowest BCUT2D eigenvalue weighted by Crippen LogP contribution is -2.25. The minimum atomic E-state index is -0.868. The molecule has 1 atom stereocenters. The van der Waals surface area contributed by atoms with Crippen molar-refractivity contribution in [3.05, 3.63) is 113 Å². The van der Waals surface area contributed by atoms with Gasteiger partial charge in [-0.2, -0.15) is 0 Å². The highest BCUT2D eigenvalue weighted by Crippen LogP contribution is 2.28. The molecule has 0 aliphatic heterocycles. The number of aliphatic carboxylic acids is 1. The van der Waals surface area contributed by atoms with Gasteiger partial charge in [-0.15, -0.1) is 0 Å². The van der Waals surface area contributed by atoms with E-state index in [1.54, 1.807) is 13.1 Å². The average molecular weight is 453 g/mol. The van der Waals surface area contributed by atoms with Crippen molar-refractivity contribution in [2.24, 2.45) is 0 Å². The van der Waals surface area contributed by atoms with Crippen molar-refractivity contribution in [3.8, 4) is 0 Å². The molecule has 1 heterocycles. The highest BCUT2D eigenvalue weighted by molar-refractivity contribution is 5.94. The number of pyridine rings is 1. The first kappa shape index (κ1) is 23.2. The second kappa shape index (κ2) is 10.3. The Morgan fingerprint density at radius 3 is 2.24 bits per heavy atom. The highest BCUT2D eigenvalue weighted by Gasteiger charge is 2.18. The van der Waals surface area contributed by atoms with E-state index >= 15 is 0 Å². The molecule has 1 amide bonds. The number of aromatic nitrogens is 1. The third kappa shape index (κ3) is 5.31. The molecular formula is C29H28N2O3. The van der Waals surface area contributed by atoms with Gasteiger partial charge in [0.2, 0.25) is 0 Å². The van der Waals surface area contributed by atoms with Gasteiger partial charge < -0.3 is 10.4 Å². The quantitative estimate of drug-likeness (QED) is 0.380. The van der Waals surface area contributed by atoms with Gasteiger partial charge in [0.1, 0.15) is 0 Å². The first-order chi connectivity index (χ1) is 16.4. The topological polar surface area (TPSA) is 79.3 Å². The zero-order chi connectivity index (χ0) is 24.1. The Morgan fingerprint density at radius 1 is 0.912 bits per heavy atom. The first-order valence-electron chi connectivity index (χ1n) is 11.4. The molecule has 1 aromatic heterocycles. The van der Waals surface area contributed by atoms with Gasteiger partial charge in [0.05, 0.1) is 11.6 Å². The third-order valence-corrected chi connectivity index (χ3v) is 6.15. The Bertz CT molecular complexity index is 1310. The molecule has 0 saturated heterocycles. The Labute approximate surface area is 199 Å². The highest BCUT2D eigenvalue weighted by atomic mass is 16.4. The SMILES string of the molecule is Cc1ccc(CCNC(=O)c2ccc(Cc3ncc(C(C)C(=O)O)c4ccccc34)cc2)cc1. The standard InChI is InChI=1S/C29H28N2O3/c1-19-7-9-21(10-8-19)15-16-30-28(32)23-13-11-22(12-14-23)17-27-25-6-4-3-5-24(25)26(18-31-27)20(2)29(33)34/h3-14,18,20H,15-17H2,1-2H3,(H,30,32)(H,33,34). The summed E-state index contributed by atoms with van der Waals surface area (Å²) in [6, 6.07) is 23.7. The van der Waals surface area contributed by atoms with Gasteiger partial charge in [0.25, 0.3) is 5.91 Å². The predicted molar refractivity (Wildman–Crippen MR) is 134 cm³/mol.